The number of sulfonamides is 1. The number of nitro groups is 1. The third kappa shape index (κ3) is 4.99. The molecule has 31 heavy (non-hydrogen) atoms. The molecule has 0 bridgehead atoms. The highest BCUT2D eigenvalue weighted by Crippen LogP contribution is 2.34. The van der Waals surface area contributed by atoms with Crippen molar-refractivity contribution in [1.29, 1.82) is 0 Å². The third-order valence-corrected chi connectivity index (χ3v) is 7.91. The lowest BCUT2D eigenvalue weighted by atomic mass is 9.94. The Morgan fingerprint density at radius 3 is 2.32 bits per heavy atom. The minimum absolute atomic E-state index is 0.0866. The van der Waals surface area contributed by atoms with Gasteiger partial charge in [-0.1, -0.05) is 0 Å². The van der Waals surface area contributed by atoms with Crippen molar-refractivity contribution in [2.75, 3.05) is 57.4 Å². The molecule has 1 aromatic carbocycles. The summed E-state index contributed by atoms with van der Waals surface area (Å²) in [4.78, 5) is 27.4. The zero-order valence-electron chi connectivity index (χ0n) is 18.0. The highest BCUT2D eigenvalue weighted by molar-refractivity contribution is 7.89. The molecule has 0 unspecified atom stereocenters. The zero-order valence-corrected chi connectivity index (χ0v) is 18.8. The van der Waals surface area contributed by atoms with E-state index in [9.17, 15) is 23.3 Å². The maximum atomic E-state index is 12.9. The lowest BCUT2D eigenvalue weighted by Crippen LogP contribution is -2.42. The number of piperidine rings is 1. The second-order valence-electron chi connectivity index (χ2n) is 7.70. The molecule has 172 valence electrons. The van der Waals surface area contributed by atoms with Crippen molar-refractivity contribution in [2.24, 2.45) is 5.92 Å². The van der Waals surface area contributed by atoms with Crippen LogP contribution in [-0.4, -0.2) is 80.9 Å². The van der Waals surface area contributed by atoms with E-state index in [1.165, 1.54) is 16.4 Å². The number of ether oxygens (including phenoxy) is 1. The quantitative estimate of drug-likeness (QED) is 0.455. The smallest absolute Gasteiger partial charge is 0.293 e. The molecule has 0 aliphatic carbocycles. The topological polar surface area (TPSA) is 113 Å². The van der Waals surface area contributed by atoms with Crippen LogP contribution in [0.2, 0.25) is 0 Å². The van der Waals surface area contributed by atoms with Gasteiger partial charge in [-0.05, 0) is 38.8 Å². The van der Waals surface area contributed by atoms with E-state index >= 15 is 0 Å². The lowest BCUT2D eigenvalue weighted by molar-refractivity contribution is -0.384. The van der Waals surface area contributed by atoms with Crippen LogP contribution in [0.25, 0.3) is 0 Å². The number of nitrogens with zero attached hydrogens (tertiary/aromatic N) is 4. The Morgan fingerprint density at radius 1 is 1.16 bits per heavy atom. The van der Waals surface area contributed by atoms with Crippen molar-refractivity contribution >= 4 is 27.3 Å². The van der Waals surface area contributed by atoms with Crippen molar-refractivity contribution in [1.82, 2.24) is 9.21 Å². The van der Waals surface area contributed by atoms with Crippen LogP contribution in [0.3, 0.4) is 0 Å². The Kier molecular flexibility index (Phi) is 7.50. The minimum atomic E-state index is -3.82. The van der Waals surface area contributed by atoms with Crippen molar-refractivity contribution in [2.45, 2.75) is 31.6 Å². The maximum Gasteiger partial charge on any atom is 0.293 e. The number of rotatable bonds is 7. The van der Waals surface area contributed by atoms with Crippen LogP contribution < -0.4 is 4.90 Å². The summed E-state index contributed by atoms with van der Waals surface area (Å²) in [5, 5.41) is 11.7. The molecule has 1 aromatic rings. The predicted octanol–water partition coefficient (Wildman–Crippen LogP) is 1.70. The second-order valence-corrected chi connectivity index (χ2v) is 9.63. The van der Waals surface area contributed by atoms with E-state index in [0.29, 0.717) is 57.9 Å². The van der Waals surface area contributed by atoms with E-state index in [4.69, 9.17) is 4.74 Å². The summed E-state index contributed by atoms with van der Waals surface area (Å²) in [6, 6.07) is 4.09. The van der Waals surface area contributed by atoms with Crippen molar-refractivity contribution in [3.8, 4) is 0 Å². The van der Waals surface area contributed by atoms with Crippen LogP contribution in [0, 0.1) is 16.0 Å². The number of benzene rings is 1. The number of amides is 1. The van der Waals surface area contributed by atoms with Crippen molar-refractivity contribution in [3.63, 3.8) is 0 Å². The van der Waals surface area contributed by atoms with Gasteiger partial charge in [0.15, 0.2) is 0 Å². The Hall–Kier alpha value is -2.24. The van der Waals surface area contributed by atoms with E-state index in [0.717, 1.165) is 6.07 Å². The zero-order chi connectivity index (χ0) is 22.6. The summed E-state index contributed by atoms with van der Waals surface area (Å²) in [5.41, 5.74) is 0.155. The molecule has 0 atom stereocenters. The Morgan fingerprint density at radius 2 is 1.77 bits per heavy atom. The Bertz CT molecular complexity index is 904. The molecule has 2 fully saturated rings. The van der Waals surface area contributed by atoms with Crippen LogP contribution in [0.5, 0.6) is 0 Å². The summed E-state index contributed by atoms with van der Waals surface area (Å²) in [7, 11) is -3.82. The van der Waals surface area contributed by atoms with Crippen molar-refractivity contribution in [3.05, 3.63) is 28.3 Å². The summed E-state index contributed by atoms with van der Waals surface area (Å²) >= 11 is 0. The molecule has 0 aromatic heterocycles. The molecule has 10 nitrogen and oxygen atoms in total. The highest BCUT2D eigenvalue weighted by atomic mass is 32.2. The van der Waals surface area contributed by atoms with Gasteiger partial charge in [0, 0.05) is 51.3 Å². The van der Waals surface area contributed by atoms with Crippen LogP contribution in [-0.2, 0) is 19.6 Å². The fourth-order valence-corrected chi connectivity index (χ4v) is 5.60. The average molecular weight is 455 g/mol. The van der Waals surface area contributed by atoms with Crippen molar-refractivity contribution < 1.29 is 22.9 Å². The summed E-state index contributed by atoms with van der Waals surface area (Å²) in [6.45, 7) is 7.32. The average Bonchev–Trinajstić information content (AvgIpc) is 2.80. The van der Waals surface area contributed by atoms with Crippen LogP contribution in [0.4, 0.5) is 11.4 Å². The van der Waals surface area contributed by atoms with Gasteiger partial charge >= 0.3 is 0 Å². The maximum absolute atomic E-state index is 12.9. The van der Waals surface area contributed by atoms with Crippen LogP contribution >= 0.6 is 0 Å². The first-order valence-electron chi connectivity index (χ1n) is 10.7. The van der Waals surface area contributed by atoms with E-state index in [1.54, 1.807) is 0 Å². The molecule has 2 aliphatic heterocycles. The number of morpholine rings is 1. The number of nitro benzene ring substituents is 1. The number of carbonyl (C=O) groups is 1. The molecule has 0 saturated carbocycles. The minimum Gasteiger partial charge on any atom is -0.379 e. The van der Waals surface area contributed by atoms with Crippen LogP contribution in [0.15, 0.2) is 23.1 Å². The molecule has 0 radical (unpaired) electrons. The SMILES string of the molecule is CCN(CC)C(=O)C1CCN(c2ccc(S(=O)(=O)N3CCOCC3)cc2[N+](=O)[O-])CC1. The molecule has 2 aliphatic rings. The largest absolute Gasteiger partial charge is 0.379 e. The Labute approximate surface area is 182 Å². The van der Waals surface area contributed by atoms with Gasteiger partial charge in [-0.3, -0.25) is 14.9 Å². The van der Waals surface area contributed by atoms with Gasteiger partial charge in [0.1, 0.15) is 5.69 Å². The van der Waals surface area contributed by atoms with E-state index in [2.05, 4.69) is 0 Å². The van der Waals surface area contributed by atoms with Gasteiger partial charge in [0.25, 0.3) is 5.69 Å². The fraction of sp³-hybridized carbons (Fsp3) is 0.650. The Balaban J connectivity index is 1.78. The fourth-order valence-electron chi connectivity index (χ4n) is 4.17. The molecular weight excluding hydrogens is 424 g/mol. The predicted molar refractivity (Wildman–Crippen MR) is 116 cm³/mol. The van der Waals surface area contributed by atoms with Crippen LogP contribution in [0.1, 0.15) is 26.7 Å². The summed E-state index contributed by atoms with van der Waals surface area (Å²) < 4.78 is 32.2. The molecule has 0 spiro atoms. The second kappa shape index (κ2) is 9.92. The number of carbonyl (C=O) groups excluding carboxylic acids is 1. The number of hydrogen-bond acceptors (Lipinski definition) is 7. The number of hydrogen-bond donors (Lipinski definition) is 0. The van der Waals surface area contributed by atoms with Gasteiger partial charge in [-0.2, -0.15) is 4.31 Å². The van der Waals surface area contributed by atoms with Gasteiger partial charge in [-0.25, -0.2) is 8.42 Å². The molecule has 1 amide bonds. The summed E-state index contributed by atoms with van der Waals surface area (Å²) in [5.74, 6) is 0.0438. The lowest BCUT2D eigenvalue weighted by Gasteiger charge is -2.34. The van der Waals surface area contributed by atoms with Gasteiger partial charge in [0.2, 0.25) is 15.9 Å². The van der Waals surface area contributed by atoms with Gasteiger partial charge in [-0.15, -0.1) is 0 Å². The number of anilines is 1. The summed E-state index contributed by atoms with van der Waals surface area (Å²) in [6.07, 6.45) is 1.22. The first kappa shape index (κ1) is 23.4. The molecule has 2 heterocycles. The third-order valence-electron chi connectivity index (χ3n) is 6.01. The highest BCUT2D eigenvalue weighted by Gasteiger charge is 2.32. The molecule has 2 saturated heterocycles. The molecular formula is C20H30N4O6S. The van der Waals surface area contributed by atoms with E-state index < -0.39 is 14.9 Å². The van der Waals surface area contributed by atoms with E-state index in [1.807, 2.05) is 23.6 Å². The molecule has 3 rings (SSSR count). The first-order chi connectivity index (χ1) is 14.8. The first-order valence-corrected chi connectivity index (χ1v) is 12.1. The standard InChI is InChI=1S/C20H30N4O6S/c1-3-21(4-2)20(25)16-7-9-22(10-8-16)18-6-5-17(15-19(18)24(26)27)31(28,29)23-11-13-30-14-12-23/h5-6,15-16H,3-4,7-14H2,1-2H3. The van der Waals surface area contributed by atoms with E-state index in [-0.39, 0.29) is 35.5 Å². The van der Waals surface area contributed by atoms with Gasteiger partial charge < -0.3 is 14.5 Å². The van der Waals surface area contributed by atoms with Gasteiger partial charge in [0.05, 0.1) is 23.0 Å². The molecule has 0 N–H and O–H groups in total. The monoisotopic (exact) mass is 454 g/mol. The molecule has 11 heteroatoms. The normalized spacial score (nSPS) is 18.7.